The average Bonchev–Trinajstić information content (AvgIpc) is 3.40. The third-order valence-corrected chi connectivity index (χ3v) is 8.25. The molecular formula is C25H25F6N5O2S. The van der Waals surface area contributed by atoms with E-state index in [4.69, 9.17) is 0 Å². The number of hydrogen-bond donors (Lipinski definition) is 3. The lowest BCUT2D eigenvalue weighted by Crippen LogP contribution is -2.63. The minimum absolute atomic E-state index is 0.157. The maximum atomic E-state index is 13.4. The zero-order chi connectivity index (χ0) is 28.0. The van der Waals surface area contributed by atoms with Crippen molar-refractivity contribution in [3.63, 3.8) is 0 Å². The first-order chi connectivity index (χ1) is 18.3. The molecule has 0 spiro atoms. The summed E-state index contributed by atoms with van der Waals surface area (Å²) in [6.45, 7) is 0.766. The Morgan fingerprint density at radius 3 is 2.46 bits per heavy atom. The summed E-state index contributed by atoms with van der Waals surface area (Å²) in [7, 11) is 0. The van der Waals surface area contributed by atoms with Crippen molar-refractivity contribution < 1.29 is 36.2 Å². The van der Waals surface area contributed by atoms with E-state index >= 15 is 0 Å². The predicted molar refractivity (Wildman–Crippen MR) is 132 cm³/mol. The van der Waals surface area contributed by atoms with Gasteiger partial charge in [0.2, 0.25) is 5.91 Å². The van der Waals surface area contributed by atoms with Crippen LogP contribution >= 0.6 is 11.3 Å². The van der Waals surface area contributed by atoms with Gasteiger partial charge in [0.15, 0.2) is 0 Å². The van der Waals surface area contributed by atoms with Gasteiger partial charge in [-0.2, -0.15) is 26.3 Å². The van der Waals surface area contributed by atoms with Gasteiger partial charge in [-0.25, -0.2) is 9.97 Å². The molecule has 0 atom stereocenters. The number of hydrogen-bond acceptors (Lipinski definition) is 7. The number of alkyl halides is 6. The molecule has 7 nitrogen and oxygen atoms in total. The molecule has 1 aromatic carbocycles. The van der Waals surface area contributed by atoms with Crippen molar-refractivity contribution in [2.24, 2.45) is 0 Å². The number of anilines is 1. The van der Waals surface area contributed by atoms with E-state index in [0.29, 0.717) is 38.1 Å². The molecule has 1 amide bonds. The standard InChI is InChI=1S/C25H25F6N5O2S/c26-24(27,28)17-3-1-2-16-18(10-19(25(29,30)31)35-21(16)17)33-11-20(37)34-14-12-36(13-14)15-4-6-23(38,7-5-15)22-32-8-9-39-22/h1-3,8-10,14-15,38H,4-7,11-13H2,(H,33,35)(H,34,37). The number of aromatic nitrogens is 2. The number of carbonyl (C=O) groups is 1. The number of aliphatic hydroxyl groups is 1. The number of pyridine rings is 1. The van der Waals surface area contributed by atoms with Gasteiger partial charge < -0.3 is 15.7 Å². The SMILES string of the molecule is O=C(CNc1cc(C(F)(F)F)nc2c(C(F)(F)F)cccc12)NC1CN(C2CCC(O)(c3nccs3)CC2)C1. The molecule has 0 unspecified atom stereocenters. The molecule has 2 fully saturated rings. The van der Waals surface area contributed by atoms with Crippen LogP contribution in [0.4, 0.5) is 32.0 Å². The minimum atomic E-state index is -4.98. The Hall–Kier alpha value is -2.97. The number of benzene rings is 1. The molecule has 210 valence electrons. The molecule has 14 heteroatoms. The predicted octanol–water partition coefficient (Wildman–Crippen LogP) is 4.77. The number of rotatable bonds is 6. The van der Waals surface area contributed by atoms with Crippen LogP contribution < -0.4 is 10.6 Å². The second kappa shape index (κ2) is 10.2. The Morgan fingerprint density at radius 2 is 1.85 bits per heavy atom. The molecular weight excluding hydrogens is 548 g/mol. The van der Waals surface area contributed by atoms with Crippen molar-refractivity contribution in [2.75, 3.05) is 25.0 Å². The number of amides is 1. The lowest BCUT2D eigenvalue weighted by atomic mass is 9.81. The summed E-state index contributed by atoms with van der Waals surface area (Å²) >= 11 is 1.43. The molecule has 5 rings (SSSR count). The van der Waals surface area contributed by atoms with E-state index in [-0.39, 0.29) is 23.2 Å². The van der Waals surface area contributed by atoms with E-state index in [9.17, 15) is 36.2 Å². The monoisotopic (exact) mass is 573 g/mol. The summed E-state index contributed by atoms with van der Waals surface area (Å²) in [5.41, 5.74) is -4.79. The third-order valence-electron chi connectivity index (χ3n) is 7.28. The number of carbonyl (C=O) groups excluding carboxylic acids is 1. The van der Waals surface area contributed by atoms with Crippen molar-refractivity contribution in [3.8, 4) is 0 Å². The van der Waals surface area contributed by atoms with Crippen molar-refractivity contribution in [3.05, 3.63) is 52.1 Å². The number of likely N-dealkylation sites (tertiary alicyclic amines) is 1. The van der Waals surface area contributed by atoms with E-state index in [0.717, 1.165) is 23.9 Å². The van der Waals surface area contributed by atoms with Gasteiger partial charge >= 0.3 is 12.4 Å². The summed E-state index contributed by atoms with van der Waals surface area (Å²) < 4.78 is 80.4. The van der Waals surface area contributed by atoms with Crippen LogP contribution in [0, 0.1) is 0 Å². The van der Waals surface area contributed by atoms with Crippen LogP contribution in [0.3, 0.4) is 0 Å². The molecule has 3 aromatic rings. The van der Waals surface area contributed by atoms with Crippen molar-refractivity contribution in [1.82, 2.24) is 20.2 Å². The lowest BCUT2D eigenvalue weighted by molar-refractivity contribution is -0.142. The van der Waals surface area contributed by atoms with Crippen LogP contribution in [0.1, 0.15) is 41.9 Å². The number of thiazole rings is 1. The fourth-order valence-corrected chi connectivity index (χ4v) is 6.03. The molecule has 1 saturated carbocycles. The van der Waals surface area contributed by atoms with Crippen LogP contribution in [0.2, 0.25) is 0 Å². The quantitative estimate of drug-likeness (QED) is 0.368. The molecule has 39 heavy (non-hydrogen) atoms. The summed E-state index contributed by atoms with van der Waals surface area (Å²) in [5, 5.41) is 18.6. The summed E-state index contributed by atoms with van der Waals surface area (Å²) in [4.78, 5) is 22.2. The Kier molecular flexibility index (Phi) is 7.22. The molecule has 0 bridgehead atoms. The maximum absolute atomic E-state index is 13.4. The molecule has 3 heterocycles. The zero-order valence-electron chi connectivity index (χ0n) is 20.4. The largest absolute Gasteiger partial charge is 0.433 e. The maximum Gasteiger partial charge on any atom is 0.433 e. The number of para-hydroxylation sites is 1. The van der Waals surface area contributed by atoms with Crippen LogP contribution in [-0.2, 0) is 22.7 Å². The fourth-order valence-electron chi connectivity index (χ4n) is 5.24. The molecule has 3 N–H and O–H groups in total. The number of nitrogens with one attached hydrogen (secondary N) is 2. The van der Waals surface area contributed by atoms with E-state index < -0.39 is 47.2 Å². The first kappa shape index (κ1) is 27.6. The number of halogens is 6. The number of nitrogens with zero attached hydrogens (tertiary/aromatic N) is 3. The first-order valence-electron chi connectivity index (χ1n) is 12.3. The second-order valence-electron chi connectivity index (χ2n) is 9.92. The fraction of sp³-hybridized carbons (Fsp3) is 0.480. The van der Waals surface area contributed by atoms with E-state index in [1.54, 1.807) is 6.20 Å². The number of fused-ring (bicyclic) bond motifs is 1. The first-order valence-corrected chi connectivity index (χ1v) is 13.2. The van der Waals surface area contributed by atoms with Gasteiger partial charge in [-0.15, -0.1) is 11.3 Å². The van der Waals surface area contributed by atoms with Crippen molar-refractivity contribution >= 4 is 33.8 Å². The molecule has 1 saturated heterocycles. The van der Waals surface area contributed by atoms with E-state index in [2.05, 4.69) is 25.5 Å². The van der Waals surface area contributed by atoms with Gasteiger partial charge in [0.1, 0.15) is 16.3 Å². The highest BCUT2D eigenvalue weighted by atomic mass is 32.1. The van der Waals surface area contributed by atoms with Gasteiger partial charge in [-0.1, -0.05) is 12.1 Å². The highest BCUT2D eigenvalue weighted by molar-refractivity contribution is 7.09. The second-order valence-corrected chi connectivity index (χ2v) is 10.8. The smallest absolute Gasteiger partial charge is 0.383 e. The Balaban J connectivity index is 1.18. The van der Waals surface area contributed by atoms with Gasteiger partial charge in [-0.3, -0.25) is 9.69 Å². The molecule has 0 radical (unpaired) electrons. The van der Waals surface area contributed by atoms with Crippen LogP contribution in [-0.4, -0.2) is 57.6 Å². The molecule has 2 aromatic heterocycles. The Labute approximate surface area is 223 Å². The van der Waals surface area contributed by atoms with Gasteiger partial charge in [-0.05, 0) is 37.8 Å². The Bertz CT molecular complexity index is 1330. The average molecular weight is 574 g/mol. The normalized spacial score (nSPS) is 23.0. The summed E-state index contributed by atoms with van der Waals surface area (Å²) in [5.74, 6) is -0.494. The van der Waals surface area contributed by atoms with E-state index in [1.807, 2.05) is 5.38 Å². The minimum Gasteiger partial charge on any atom is -0.383 e. The topological polar surface area (TPSA) is 90.4 Å². The summed E-state index contributed by atoms with van der Waals surface area (Å²) in [6.07, 6.45) is -5.44. The lowest BCUT2D eigenvalue weighted by Gasteiger charge is -2.47. The molecule has 2 aliphatic rings. The molecule has 1 aliphatic carbocycles. The Morgan fingerprint density at radius 1 is 1.13 bits per heavy atom. The molecule has 1 aliphatic heterocycles. The third kappa shape index (κ3) is 5.82. The van der Waals surface area contributed by atoms with Gasteiger partial charge in [0.25, 0.3) is 0 Å². The van der Waals surface area contributed by atoms with Gasteiger partial charge in [0.05, 0.1) is 23.7 Å². The van der Waals surface area contributed by atoms with Crippen molar-refractivity contribution in [2.45, 2.75) is 55.7 Å². The van der Waals surface area contributed by atoms with E-state index in [1.165, 1.54) is 17.4 Å². The highest BCUT2D eigenvalue weighted by Crippen LogP contribution is 2.41. The summed E-state index contributed by atoms with van der Waals surface area (Å²) in [6, 6.07) is 3.69. The van der Waals surface area contributed by atoms with Crippen LogP contribution in [0.5, 0.6) is 0 Å². The van der Waals surface area contributed by atoms with Crippen molar-refractivity contribution in [1.29, 1.82) is 0 Å². The van der Waals surface area contributed by atoms with Crippen LogP contribution in [0.25, 0.3) is 10.9 Å². The van der Waals surface area contributed by atoms with Gasteiger partial charge in [0, 0.05) is 41.8 Å². The van der Waals surface area contributed by atoms with Crippen LogP contribution in [0.15, 0.2) is 35.8 Å². The zero-order valence-corrected chi connectivity index (χ0v) is 21.3. The highest BCUT2D eigenvalue weighted by Gasteiger charge is 2.42.